The summed E-state index contributed by atoms with van der Waals surface area (Å²) in [6.45, 7) is 0. The van der Waals surface area contributed by atoms with Crippen LogP contribution in [0.3, 0.4) is 0 Å². The van der Waals surface area contributed by atoms with Gasteiger partial charge in [-0.1, -0.05) is 6.07 Å². The quantitative estimate of drug-likeness (QED) is 0.686. The minimum atomic E-state index is -1.13. The second-order valence-electron chi connectivity index (χ2n) is 3.85. The number of carboxylic acid groups (broad SMARTS) is 1. The molecular formula is C12H15FN2O3S. The number of nitrogen functional groups attached to an aromatic ring is 1. The smallest absolute Gasteiger partial charge is 0.326 e. The number of rotatable bonds is 6. The van der Waals surface area contributed by atoms with Crippen LogP contribution in [-0.2, 0) is 4.79 Å². The number of amides is 1. The Morgan fingerprint density at radius 2 is 2.21 bits per heavy atom. The predicted molar refractivity (Wildman–Crippen MR) is 72.7 cm³/mol. The summed E-state index contributed by atoms with van der Waals surface area (Å²) in [5, 5.41) is 11.3. The minimum absolute atomic E-state index is 0.0598. The van der Waals surface area contributed by atoms with Crippen LogP contribution in [0.4, 0.5) is 10.1 Å². The van der Waals surface area contributed by atoms with E-state index in [4.69, 9.17) is 10.8 Å². The molecule has 0 saturated heterocycles. The minimum Gasteiger partial charge on any atom is -0.480 e. The van der Waals surface area contributed by atoms with Crippen molar-refractivity contribution in [1.29, 1.82) is 0 Å². The first kappa shape index (κ1) is 15.3. The average molecular weight is 286 g/mol. The monoisotopic (exact) mass is 286 g/mol. The largest absolute Gasteiger partial charge is 0.480 e. The van der Waals surface area contributed by atoms with Crippen LogP contribution in [0.1, 0.15) is 16.8 Å². The van der Waals surface area contributed by atoms with Crippen LogP contribution in [-0.4, -0.2) is 35.0 Å². The molecular weight excluding hydrogens is 271 g/mol. The Balaban J connectivity index is 2.82. The Morgan fingerprint density at radius 1 is 1.53 bits per heavy atom. The molecule has 1 atom stereocenters. The molecule has 7 heteroatoms. The van der Waals surface area contributed by atoms with Crippen LogP contribution in [0, 0.1) is 5.82 Å². The van der Waals surface area contributed by atoms with Gasteiger partial charge < -0.3 is 16.2 Å². The van der Waals surface area contributed by atoms with E-state index in [2.05, 4.69) is 5.32 Å². The second-order valence-corrected chi connectivity index (χ2v) is 4.83. The maximum Gasteiger partial charge on any atom is 0.326 e. The number of nitrogens with one attached hydrogen (secondary N) is 1. The lowest BCUT2D eigenvalue weighted by Crippen LogP contribution is -2.41. The number of halogens is 1. The van der Waals surface area contributed by atoms with Crippen LogP contribution in [0.5, 0.6) is 0 Å². The van der Waals surface area contributed by atoms with Gasteiger partial charge in [-0.3, -0.25) is 4.79 Å². The van der Waals surface area contributed by atoms with E-state index in [1.165, 1.54) is 23.9 Å². The molecule has 0 heterocycles. The molecule has 1 aromatic carbocycles. The van der Waals surface area contributed by atoms with Crippen LogP contribution < -0.4 is 11.1 Å². The van der Waals surface area contributed by atoms with E-state index in [0.29, 0.717) is 5.75 Å². The number of benzene rings is 1. The summed E-state index contributed by atoms with van der Waals surface area (Å²) in [7, 11) is 0. The highest BCUT2D eigenvalue weighted by molar-refractivity contribution is 7.98. The number of para-hydroxylation sites is 1. The van der Waals surface area contributed by atoms with Gasteiger partial charge in [0.25, 0.3) is 5.91 Å². The molecule has 0 radical (unpaired) electrons. The Kier molecular flexibility index (Phi) is 5.62. The van der Waals surface area contributed by atoms with Gasteiger partial charge in [0.2, 0.25) is 0 Å². The molecule has 1 aromatic rings. The fourth-order valence-electron chi connectivity index (χ4n) is 1.46. The van der Waals surface area contributed by atoms with E-state index in [0.717, 1.165) is 6.07 Å². The van der Waals surface area contributed by atoms with Crippen molar-refractivity contribution in [2.75, 3.05) is 17.7 Å². The topological polar surface area (TPSA) is 92.4 Å². The number of hydrogen-bond acceptors (Lipinski definition) is 4. The zero-order valence-corrected chi connectivity index (χ0v) is 11.2. The number of nitrogens with two attached hydrogens (primary N) is 1. The summed E-state index contributed by atoms with van der Waals surface area (Å²) in [5.74, 6) is -1.93. The lowest BCUT2D eigenvalue weighted by Gasteiger charge is -2.14. The van der Waals surface area contributed by atoms with Crippen molar-refractivity contribution in [1.82, 2.24) is 5.32 Å². The highest BCUT2D eigenvalue weighted by atomic mass is 32.2. The Hall–Kier alpha value is -1.76. The fourth-order valence-corrected chi connectivity index (χ4v) is 1.94. The van der Waals surface area contributed by atoms with Gasteiger partial charge in [-0.05, 0) is 30.6 Å². The summed E-state index contributed by atoms with van der Waals surface area (Å²) in [5.41, 5.74) is 5.10. The molecule has 0 spiro atoms. The van der Waals surface area contributed by atoms with Crippen molar-refractivity contribution in [3.63, 3.8) is 0 Å². The zero-order valence-electron chi connectivity index (χ0n) is 10.4. The Morgan fingerprint density at radius 3 is 2.79 bits per heavy atom. The number of aliphatic carboxylic acids is 1. The molecule has 4 N–H and O–H groups in total. The van der Waals surface area contributed by atoms with Gasteiger partial charge >= 0.3 is 5.97 Å². The highest BCUT2D eigenvalue weighted by Crippen LogP contribution is 2.16. The summed E-state index contributed by atoms with van der Waals surface area (Å²) < 4.78 is 13.2. The molecule has 0 unspecified atom stereocenters. The number of thioether (sulfide) groups is 1. The van der Waals surface area contributed by atoms with Crippen molar-refractivity contribution in [3.05, 3.63) is 29.6 Å². The van der Waals surface area contributed by atoms with E-state index in [1.807, 2.05) is 6.26 Å². The van der Waals surface area contributed by atoms with Crippen LogP contribution in [0.2, 0.25) is 0 Å². The number of carbonyl (C=O) groups is 2. The van der Waals surface area contributed by atoms with Gasteiger partial charge in [-0.15, -0.1) is 0 Å². The standard InChI is InChI=1S/C12H15FN2O3S/c1-19-6-5-9(12(17)18)15-11(16)7-3-2-4-8(13)10(7)14/h2-4,9H,5-6,14H2,1H3,(H,15,16)(H,17,18)/t9-/m0/s1. The SMILES string of the molecule is CSCC[C@H](NC(=O)c1cccc(F)c1N)C(=O)O. The predicted octanol–water partition coefficient (Wildman–Crippen LogP) is 1.34. The van der Waals surface area contributed by atoms with E-state index < -0.39 is 23.7 Å². The summed E-state index contributed by atoms with van der Waals surface area (Å²) in [6, 6.07) is 2.82. The van der Waals surface area contributed by atoms with Gasteiger partial charge in [0, 0.05) is 0 Å². The van der Waals surface area contributed by atoms with E-state index in [-0.39, 0.29) is 17.7 Å². The van der Waals surface area contributed by atoms with Crippen molar-refractivity contribution < 1.29 is 19.1 Å². The number of carboxylic acids is 1. The lowest BCUT2D eigenvalue weighted by atomic mass is 10.1. The summed E-state index contributed by atoms with van der Waals surface area (Å²) in [4.78, 5) is 22.9. The molecule has 0 aliphatic heterocycles. The van der Waals surface area contributed by atoms with Crippen molar-refractivity contribution in [2.45, 2.75) is 12.5 Å². The number of hydrogen-bond donors (Lipinski definition) is 3. The van der Waals surface area contributed by atoms with E-state index >= 15 is 0 Å². The van der Waals surface area contributed by atoms with Gasteiger partial charge in [0.1, 0.15) is 11.9 Å². The normalized spacial score (nSPS) is 11.9. The molecule has 1 rings (SSSR count). The van der Waals surface area contributed by atoms with Gasteiger partial charge in [0.05, 0.1) is 11.3 Å². The van der Waals surface area contributed by atoms with Crippen LogP contribution in [0.15, 0.2) is 18.2 Å². The molecule has 0 fully saturated rings. The van der Waals surface area contributed by atoms with Gasteiger partial charge in [0.15, 0.2) is 0 Å². The first-order valence-corrected chi connectivity index (χ1v) is 6.93. The van der Waals surface area contributed by atoms with Crippen molar-refractivity contribution in [2.24, 2.45) is 0 Å². The summed E-state index contributed by atoms with van der Waals surface area (Å²) >= 11 is 1.48. The molecule has 0 aliphatic rings. The highest BCUT2D eigenvalue weighted by Gasteiger charge is 2.21. The van der Waals surface area contributed by atoms with Crippen molar-refractivity contribution in [3.8, 4) is 0 Å². The van der Waals surface area contributed by atoms with Gasteiger partial charge in [-0.2, -0.15) is 11.8 Å². The molecule has 1 amide bonds. The molecule has 0 saturated carbocycles. The maximum absolute atomic E-state index is 13.2. The zero-order chi connectivity index (χ0) is 14.4. The molecule has 19 heavy (non-hydrogen) atoms. The maximum atomic E-state index is 13.2. The Labute approximate surface area is 114 Å². The van der Waals surface area contributed by atoms with Gasteiger partial charge in [-0.25, -0.2) is 9.18 Å². The third-order valence-corrected chi connectivity index (χ3v) is 3.16. The molecule has 0 bridgehead atoms. The molecule has 0 aliphatic carbocycles. The van der Waals surface area contributed by atoms with Crippen LogP contribution >= 0.6 is 11.8 Å². The molecule has 5 nitrogen and oxygen atoms in total. The number of anilines is 1. The average Bonchev–Trinajstić information content (AvgIpc) is 2.37. The molecule has 104 valence electrons. The lowest BCUT2D eigenvalue weighted by molar-refractivity contribution is -0.139. The van der Waals surface area contributed by atoms with E-state index in [1.54, 1.807) is 0 Å². The molecule has 0 aromatic heterocycles. The third-order valence-electron chi connectivity index (χ3n) is 2.51. The Bertz CT molecular complexity index is 482. The second kappa shape index (κ2) is 6.98. The fraction of sp³-hybridized carbons (Fsp3) is 0.333. The van der Waals surface area contributed by atoms with Crippen molar-refractivity contribution >= 4 is 29.3 Å². The summed E-state index contributed by atoms with van der Waals surface area (Å²) in [6.07, 6.45) is 2.13. The first-order chi connectivity index (χ1) is 8.97. The third kappa shape index (κ3) is 4.13. The number of carbonyl (C=O) groups excluding carboxylic acids is 1. The van der Waals surface area contributed by atoms with E-state index in [9.17, 15) is 14.0 Å². The first-order valence-electron chi connectivity index (χ1n) is 5.54. The van der Waals surface area contributed by atoms with Crippen LogP contribution in [0.25, 0.3) is 0 Å².